The number of hydrogen-bond donors (Lipinski definition) is 1. The van der Waals surface area contributed by atoms with Crippen LogP contribution in [0.2, 0.25) is 0 Å². The lowest BCUT2D eigenvalue weighted by atomic mass is 9.91. The molecule has 0 bridgehead atoms. The summed E-state index contributed by atoms with van der Waals surface area (Å²) in [5.41, 5.74) is 1.01. The molecular formula is C20H24N2O4. The van der Waals surface area contributed by atoms with Gasteiger partial charge in [0.1, 0.15) is 0 Å². The first-order chi connectivity index (χ1) is 12.4. The summed E-state index contributed by atoms with van der Waals surface area (Å²) >= 11 is 0. The zero-order valence-corrected chi connectivity index (χ0v) is 15.3. The normalized spacial score (nSPS) is 12.1. The van der Waals surface area contributed by atoms with Crippen molar-refractivity contribution in [3.63, 3.8) is 0 Å². The van der Waals surface area contributed by atoms with Gasteiger partial charge >= 0.3 is 12.1 Å². The number of rotatable bonds is 6. The highest BCUT2D eigenvalue weighted by Gasteiger charge is 2.29. The van der Waals surface area contributed by atoms with Crippen molar-refractivity contribution in [3.05, 3.63) is 66.0 Å². The highest BCUT2D eigenvalue weighted by Crippen LogP contribution is 2.22. The van der Waals surface area contributed by atoms with E-state index in [9.17, 15) is 9.59 Å². The van der Waals surface area contributed by atoms with Crippen molar-refractivity contribution in [1.82, 2.24) is 10.3 Å². The average Bonchev–Trinajstić information content (AvgIpc) is 2.67. The quantitative estimate of drug-likeness (QED) is 0.625. The van der Waals surface area contributed by atoms with Crippen LogP contribution in [0.25, 0.3) is 0 Å². The van der Waals surface area contributed by atoms with Gasteiger partial charge in [-0.2, -0.15) is 0 Å². The van der Waals surface area contributed by atoms with Crippen LogP contribution in [0.1, 0.15) is 44.5 Å². The zero-order chi connectivity index (χ0) is 19.0. The molecule has 1 amide bonds. The Morgan fingerprint density at radius 1 is 1.08 bits per heavy atom. The van der Waals surface area contributed by atoms with Crippen LogP contribution in [0.5, 0.6) is 0 Å². The van der Waals surface area contributed by atoms with E-state index in [1.54, 1.807) is 20.0 Å². The molecule has 26 heavy (non-hydrogen) atoms. The van der Waals surface area contributed by atoms with Gasteiger partial charge in [0.2, 0.25) is 0 Å². The molecular weight excluding hydrogens is 332 g/mol. The smallest absolute Gasteiger partial charge is 0.311 e. The monoisotopic (exact) mass is 356 g/mol. The number of pyridine rings is 1. The molecule has 0 saturated heterocycles. The van der Waals surface area contributed by atoms with Gasteiger partial charge in [0.05, 0.1) is 11.5 Å². The molecule has 0 spiro atoms. The molecule has 0 fully saturated rings. The highest BCUT2D eigenvalue weighted by molar-refractivity contribution is 5.76. The summed E-state index contributed by atoms with van der Waals surface area (Å²) in [7, 11) is 0. The van der Waals surface area contributed by atoms with Crippen molar-refractivity contribution in [2.75, 3.05) is 0 Å². The van der Waals surface area contributed by atoms with Crippen molar-refractivity contribution in [3.8, 4) is 0 Å². The fourth-order valence-corrected chi connectivity index (χ4v) is 2.16. The molecule has 1 heterocycles. The minimum Gasteiger partial charge on any atom is -0.311 e. The van der Waals surface area contributed by atoms with Crippen LogP contribution in [0, 0.1) is 5.41 Å². The van der Waals surface area contributed by atoms with Gasteiger partial charge < -0.3 is 5.32 Å². The molecule has 0 unspecified atom stereocenters. The average molecular weight is 356 g/mol. The van der Waals surface area contributed by atoms with Gasteiger partial charge in [-0.25, -0.2) is 19.4 Å². The van der Waals surface area contributed by atoms with E-state index in [0.717, 1.165) is 11.3 Å². The predicted molar refractivity (Wildman–Crippen MR) is 96.9 cm³/mol. The van der Waals surface area contributed by atoms with E-state index in [1.165, 1.54) is 0 Å². The van der Waals surface area contributed by atoms with Gasteiger partial charge in [0.25, 0.3) is 0 Å². The summed E-state index contributed by atoms with van der Waals surface area (Å²) < 4.78 is 0. The molecule has 2 aromatic rings. The zero-order valence-electron chi connectivity index (χ0n) is 15.3. The summed E-state index contributed by atoms with van der Waals surface area (Å²) in [6.07, 6.45) is 1.93. The van der Waals surface area contributed by atoms with Crippen LogP contribution in [0.4, 0.5) is 4.79 Å². The molecule has 0 aliphatic rings. The van der Waals surface area contributed by atoms with Gasteiger partial charge in [-0.1, -0.05) is 43.3 Å². The largest absolute Gasteiger partial charge is 0.450 e. The van der Waals surface area contributed by atoms with Crippen LogP contribution >= 0.6 is 0 Å². The van der Waals surface area contributed by atoms with Gasteiger partial charge in [-0.15, -0.1) is 0 Å². The Labute approximate surface area is 153 Å². The SMILES string of the molecule is CCC(C)(C)C(=O)OOC(=O)N[C@@H](Cc1ccccn1)c1ccccc1. The van der Waals surface area contributed by atoms with E-state index >= 15 is 0 Å². The first-order valence-corrected chi connectivity index (χ1v) is 8.56. The van der Waals surface area contributed by atoms with E-state index in [4.69, 9.17) is 0 Å². The maximum absolute atomic E-state index is 12.1. The number of hydrogen-bond acceptors (Lipinski definition) is 5. The van der Waals surface area contributed by atoms with Crippen molar-refractivity contribution in [2.45, 2.75) is 39.7 Å². The van der Waals surface area contributed by atoms with Crippen molar-refractivity contribution >= 4 is 12.1 Å². The fraction of sp³-hybridized carbons (Fsp3) is 0.350. The van der Waals surface area contributed by atoms with Crippen LogP contribution in [0.3, 0.4) is 0 Å². The number of aromatic nitrogens is 1. The molecule has 6 heteroatoms. The highest BCUT2D eigenvalue weighted by atomic mass is 17.2. The van der Waals surface area contributed by atoms with Crippen molar-refractivity contribution in [1.29, 1.82) is 0 Å². The number of carbonyl (C=O) groups is 2. The lowest BCUT2D eigenvalue weighted by molar-refractivity contribution is -0.242. The fourth-order valence-electron chi connectivity index (χ4n) is 2.16. The van der Waals surface area contributed by atoms with Gasteiger partial charge in [0.15, 0.2) is 0 Å². The molecule has 0 saturated carbocycles. The third-order valence-corrected chi connectivity index (χ3v) is 4.26. The summed E-state index contributed by atoms with van der Waals surface area (Å²) in [4.78, 5) is 37.6. The number of benzene rings is 1. The standard InChI is InChI=1S/C20H24N2O4/c1-4-20(2,3)18(23)25-26-19(24)22-17(15-10-6-5-7-11-15)14-16-12-8-9-13-21-16/h5-13,17H,4,14H2,1-3H3,(H,22,24)/t17-/m0/s1. The Morgan fingerprint density at radius 2 is 1.77 bits per heavy atom. The van der Waals surface area contributed by atoms with Gasteiger partial charge in [0, 0.05) is 18.3 Å². The molecule has 0 aliphatic heterocycles. The first kappa shape index (κ1) is 19.4. The maximum atomic E-state index is 12.1. The summed E-state index contributed by atoms with van der Waals surface area (Å²) in [5.74, 6) is -0.587. The van der Waals surface area contributed by atoms with E-state index in [2.05, 4.69) is 20.1 Å². The number of nitrogens with one attached hydrogen (secondary N) is 1. The minimum atomic E-state index is -0.824. The molecule has 1 aromatic carbocycles. The molecule has 138 valence electrons. The van der Waals surface area contributed by atoms with Crippen LogP contribution in [0.15, 0.2) is 54.7 Å². The summed E-state index contributed by atoms with van der Waals surface area (Å²) in [6.45, 7) is 5.31. The molecule has 1 atom stereocenters. The lowest BCUT2D eigenvalue weighted by Crippen LogP contribution is -2.33. The van der Waals surface area contributed by atoms with Crippen LogP contribution in [-0.4, -0.2) is 17.0 Å². The Bertz CT molecular complexity index is 717. The number of nitrogens with zero attached hydrogens (tertiary/aromatic N) is 1. The van der Waals surface area contributed by atoms with E-state index < -0.39 is 17.5 Å². The van der Waals surface area contributed by atoms with E-state index in [-0.39, 0.29) is 6.04 Å². The van der Waals surface area contributed by atoms with Gasteiger partial charge in [-0.3, -0.25) is 4.98 Å². The lowest BCUT2D eigenvalue weighted by Gasteiger charge is -2.20. The van der Waals surface area contributed by atoms with Crippen LogP contribution in [-0.2, 0) is 21.0 Å². The van der Waals surface area contributed by atoms with Crippen molar-refractivity contribution in [2.24, 2.45) is 5.41 Å². The number of amides is 1. The second-order valence-corrected chi connectivity index (χ2v) is 6.61. The Kier molecular flexibility index (Phi) is 6.72. The van der Waals surface area contributed by atoms with Gasteiger partial charge in [-0.05, 0) is 38.0 Å². The predicted octanol–water partition coefficient (Wildman–Crippen LogP) is 3.99. The molecule has 2 rings (SSSR count). The Hall–Kier alpha value is -2.89. The third kappa shape index (κ3) is 5.58. The summed E-state index contributed by atoms with van der Waals surface area (Å²) in [6, 6.07) is 14.7. The van der Waals surface area contributed by atoms with Crippen molar-refractivity contribution < 1.29 is 19.4 Å². The topological polar surface area (TPSA) is 77.5 Å². The van der Waals surface area contributed by atoms with Crippen LogP contribution < -0.4 is 5.32 Å². The second kappa shape index (κ2) is 8.99. The summed E-state index contributed by atoms with van der Waals surface area (Å²) in [5, 5.41) is 2.73. The third-order valence-electron chi connectivity index (χ3n) is 4.26. The first-order valence-electron chi connectivity index (χ1n) is 8.56. The Balaban J connectivity index is 2.02. The molecule has 0 aliphatic carbocycles. The number of carbonyl (C=O) groups excluding carboxylic acids is 2. The Morgan fingerprint density at radius 3 is 2.38 bits per heavy atom. The molecule has 6 nitrogen and oxygen atoms in total. The maximum Gasteiger partial charge on any atom is 0.450 e. The van der Waals surface area contributed by atoms with E-state index in [0.29, 0.717) is 12.8 Å². The molecule has 0 radical (unpaired) electrons. The molecule has 1 aromatic heterocycles. The minimum absolute atomic E-state index is 0.364. The van der Waals surface area contributed by atoms with E-state index in [1.807, 2.05) is 55.5 Å². The second-order valence-electron chi connectivity index (χ2n) is 6.61. The molecule has 1 N–H and O–H groups in total.